The molecule has 0 radical (unpaired) electrons. The Morgan fingerprint density at radius 2 is 2.16 bits per heavy atom. The Kier molecular flexibility index (Phi) is 4.37. The number of carbonyl (C=O) groups is 1. The average Bonchev–Trinajstić information content (AvgIpc) is 3.40. The summed E-state index contributed by atoms with van der Waals surface area (Å²) in [6.07, 6.45) is 4.53. The van der Waals surface area contributed by atoms with E-state index in [0.29, 0.717) is 30.0 Å². The molecule has 2 aromatic rings. The number of amides is 2. The molecule has 5 nitrogen and oxygen atoms in total. The molecule has 1 saturated heterocycles. The zero-order chi connectivity index (χ0) is 17.4. The van der Waals surface area contributed by atoms with Crippen molar-refractivity contribution in [2.45, 2.75) is 51.3 Å². The first-order valence-corrected chi connectivity index (χ1v) is 8.93. The number of rotatable bonds is 4. The van der Waals surface area contributed by atoms with Gasteiger partial charge < -0.3 is 19.8 Å². The monoisotopic (exact) mass is 346 g/mol. The van der Waals surface area contributed by atoms with Crippen LogP contribution < -0.4 is 10.6 Å². The van der Waals surface area contributed by atoms with Crippen LogP contribution in [-0.2, 0) is 11.3 Å². The maximum Gasteiger partial charge on any atom is 0.315 e. The van der Waals surface area contributed by atoms with Crippen LogP contribution in [0.2, 0.25) is 0 Å². The maximum atomic E-state index is 13.4. The highest BCUT2D eigenvalue weighted by atomic mass is 19.1. The van der Waals surface area contributed by atoms with Gasteiger partial charge in [-0.1, -0.05) is 0 Å². The molecule has 1 aromatic carbocycles. The van der Waals surface area contributed by atoms with E-state index in [1.54, 1.807) is 6.07 Å². The van der Waals surface area contributed by atoms with Gasteiger partial charge >= 0.3 is 6.03 Å². The molecule has 134 valence electrons. The van der Waals surface area contributed by atoms with E-state index >= 15 is 0 Å². The average molecular weight is 346 g/mol. The van der Waals surface area contributed by atoms with E-state index in [0.717, 1.165) is 23.8 Å². The summed E-state index contributed by atoms with van der Waals surface area (Å²) in [4.78, 5) is 12.2. The number of hydrogen-bond acceptors (Lipinski definition) is 3. The van der Waals surface area contributed by atoms with Crippen molar-refractivity contribution >= 4 is 17.0 Å². The summed E-state index contributed by atoms with van der Waals surface area (Å²) in [6, 6.07) is 4.40. The van der Waals surface area contributed by atoms with Gasteiger partial charge in [-0.25, -0.2) is 9.18 Å². The molecule has 6 heteroatoms. The summed E-state index contributed by atoms with van der Waals surface area (Å²) in [5.41, 5.74) is 1.49. The van der Waals surface area contributed by atoms with E-state index in [-0.39, 0.29) is 24.4 Å². The van der Waals surface area contributed by atoms with Crippen LogP contribution in [0.3, 0.4) is 0 Å². The highest BCUT2D eigenvalue weighted by Crippen LogP contribution is 2.38. The second-order valence-corrected chi connectivity index (χ2v) is 7.09. The highest BCUT2D eigenvalue weighted by Gasteiger charge is 2.36. The van der Waals surface area contributed by atoms with Gasteiger partial charge in [0.2, 0.25) is 0 Å². The molecule has 0 bridgehead atoms. The molecule has 4 rings (SSSR count). The van der Waals surface area contributed by atoms with Crippen LogP contribution in [0.4, 0.5) is 9.18 Å². The first-order chi connectivity index (χ1) is 12.1. The Hall–Kier alpha value is -2.08. The van der Waals surface area contributed by atoms with E-state index in [2.05, 4.69) is 10.6 Å². The summed E-state index contributed by atoms with van der Waals surface area (Å²) in [5, 5.41) is 6.62. The van der Waals surface area contributed by atoms with Gasteiger partial charge in [-0.3, -0.25) is 0 Å². The number of carbonyl (C=O) groups excluding carboxylic acids is 1. The number of hydrogen-bond donors (Lipinski definition) is 2. The second-order valence-electron chi connectivity index (χ2n) is 7.09. The van der Waals surface area contributed by atoms with Gasteiger partial charge in [0.1, 0.15) is 17.2 Å². The van der Waals surface area contributed by atoms with Gasteiger partial charge in [-0.05, 0) is 56.7 Å². The minimum Gasteiger partial charge on any atom is -0.459 e. The van der Waals surface area contributed by atoms with Gasteiger partial charge in [-0.15, -0.1) is 0 Å². The predicted octanol–water partition coefficient (Wildman–Crippen LogP) is 3.64. The lowest BCUT2D eigenvalue weighted by molar-refractivity contribution is -0.00915. The third-order valence-corrected chi connectivity index (χ3v) is 5.20. The maximum absolute atomic E-state index is 13.4. The molecule has 2 amide bonds. The second kappa shape index (κ2) is 6.67. The molecule has 25 heavy (non-hydrogen) atoms. The summed E-state index contributed by atoms with van der Waals surface area (Å²) in [6.45, 7) is 2.86. The minimum atomic E-state index is -0.293. The standard InChI is InChI=1S/C19H23FN2O3/c1-11-15-8-13(20)4-5-16(15)25-18(11)10-21-19(23)22-14-6-7-24-17(9-14)12-2-3-12/h4-5,8,12,14,17H,2-3,6-7,9-10H2,1H3,(H2,21,22,23). The number of fused-ring (bicyclic) bond motifs is 1. The fourth-order valence-electron chi connectivity index (χ4n) is 3.57. The van der Waals surface area contributed by atoms with E-state index in [1.165, 1.54) is 25.0 Å². The van der Waals surface area contributed by atoms with Gasteiger partial charge in [0.25, 0.3) is 0 Å². The van der Waals surface area contributed by atoms with Gasteiger partial charge in [0.05, 0.1) is 12.6 Å². The topological polar surface area (TPSA) is 63.5 Å². The summed E-state index contributed by atoms with van der Waals surface area (Å²) >= 11 is 0. The number of halogens is 1. The first kappa shape index (κ1) is 16.4. The lowest BCUT2D eigenvalue weighted by Gasteiger charge is -2.30. The smallest absolute Gasteiger partial charge is 0.315 e. The lowest BCUT2D eigenvalue weighted by Crippen LogP contribution is -2.46. The van der Waals surface area contributed by atoms with Crippen molar-refractivity contribution in [2.24, 2.45) is 5.92 Å². The Balaban J connectivity index is 1.33. The first-order valence-electron chi connectivity index (χ1n) is 8.93. The van der Waals surface area contributed by atoms with Crippen molar-refractivity contribution in [1.29, 1.82) is 0 Å². The van der Waals surface area contributed by atoms with Crippen LogP contribution in [0.1, 0.15) is 37.0 Å². The predicted molar refractivity (Wildman–Crippen MR) is 91.8 cm³/mol. The quantitative estimate of drug-likeness (QED) is 0.888. The van der Waals surface area contributed by atoms with Crippen LogP contribution >= 0.6 is 0 Å². The number of furan rings is 1. The van der Waals surface area contributed by atoms with Crippen LogP contribution in [0.25, 0.3) is 11.0 Å². The SMILES string of the molecule is Cc1c(CNC(=O)NC2CCOC(C3CC3)C2)oc2ccc(F)cc12. The summed E-state index contributed by atoms with van der Waals surface area (Å²) in [7, 11) is 0. The third-order valence-electron chi connectivity index (χ3n) is 5.20. The molecule has 2 atom stereocenters. The number of nitrogens with one attached hydrogen (secondary N) is 2. The molecular formula is C19H23FN2O3. The minimum absolute atomic E-state index is 0.158. The lowest BCUT2D eigenvalue weighted by atomic mass is 10.0. The Bertz CT molecular complexity index is 784. The van der Waals surface area contributed by atoms with Gasteiger partial charge in [-0.2, -0.15) is 0 Å². The zero-order valence-electron chi connectivity index (χ0n) is 14.3. The van der Waals surface area contributed by atoms with Crippen molar-refractivity contribution < 1.29 is 18.3 Å². The van der Waals surface area contributed by atoms with Crippen molar-refractivity contribution in [3.63, 3.8) is 0 Å². The molecule has 1 aliphatic carbocycles. The largest absolute Gasteiger partial charge is 0.459 e. The number of ether oxygens (including phenoxy) is 1. The van der Waals surface area contributed by atoms with Crippen LogP contribution in [0.15, 0.2) is 22.6 Å². The Morgan fingerprint density at radius 1 is 1.32 bits per heavy atom. The van der Waals surface area contributed by atoms with E-state index in [9.17, 15) is 9.18 Å². The van der Waals surface area contributed by atoms with Crippen molar-refractivity contribution in [3.8, 4) is 0 Å². The zero-order valence-corrected chi connectivity index (χ0v) is 14.3. The Labute approximate surface area is 145 Å². The van der Waals surface area contributed by atoms with Crippen LogP contribution in [0, 0.1) is 18.7 Å². The molecule has 2 aliphatic rings. The van der Waals surface area contributed by atoms with E-state index < -0.39 is 0 Å². The molecule has 1 saturated carbocycles. The van der Waals surface area contributed by atoms with Crippen LogP contribution in [0.5, 0.6) is 0 Å². The van der Waals surface area contributed by atoms with E-state index in [4.69, 9.17) is 9.15 Å². The number of benzene rings is 1. The van der Waals surface area contributed by atoms with Gasteiger partial charge in [0.15, 0.2) is 0 Å². The molecule has 2 N–H and O–H groups in total. The van der Waals surface area contributed by atoms with Gasteiger partial charge in [0, 0.05) is 23.6 Å². The van der Waals surface area contributed by atoms with Crippen molar-refractivity contribution in [2.75, 3.05) is 6.61 Å². The fourth-order valence-corrected chi connectivity index (χ4v) is 3.57. The van der Waals surface area contributed by atoms with E-state index in [1.807, 2.05) is 6.92 Å². The van der Waals surface area contributed by atoms with Crippen molar-refractivity contribution in [1.82, 2.24) is 10.6 Å². The van der Waals surface area contributed by atoms with Crippen LogP contribution in [-0.4, -0.2) is 24.8 Å². The molecule has 2 unspecified atom stereocenters. The molecule has 1 aliphatic heterocycles. The fraction of sp³-hybridized carbons (Fsp3) is 0.526. The molecular weight excluding hydrogens is 323 g/mol. The molecule has 2 heterocycles. The summed E-state index contributed by atoms with van der Waals surface area (Å²) < 4.78 is 24.9. The Morgan fingerprint density at radius 3 is 2.96 bits per heavy atom. The summed E-state index contributed by atoms with van der Waals surface area (Å²) in [5.74, 6) is 1.04. The third kappa shape index (κ3) is 3.63. The van der Waals surface area contributed by atoms with Crippen molar-refractivity contribution in [3.05, 3.63) is 35.3 Å². The molecule has 0 spiro atoms. The molecule has 1 aromatic heterocycles. The number of aryl methyl sites for hydroxylation is 1. The normalized spacial score (nSPS) is 23.6. The highest BCUT2D eigenvalue weighted by molar-refractivity contribution is 5.82. The molecule has 2 fully saturated rings. The number of urea groups is 1.